The zero-order valence-electron chi connectivity index (χ0n) is 14.3. The highest BCUT2D eigenvalue weighted by atomic mass is 35.5. The highest BCUT2D eigenvalue weighted by Gasteiger charge is 2.28. The first kappa shape index (κ1) is 20.1. The van der Waals surface area contributed by atoms with E-state index in [1.54, 1.807) is 18.2 Å². The lowest BCUT2D eigenvalue weighted by atomic mass is 9.88. The van der Waals surface area contributed by atoms with Crippen LogP contribution in [0.5, 0.6) is 5.75 Å². The predicted molar refractivity (Wildman–Crippen MR) is 98.5 cm³/mol. The molecule has 3 rings (SSSR count). The third kappa shape index (κ3) is 4.93. The number of halogens is 3. The van der Waals surface area contributed by atoms with Crippen LogP contribution >= 0.6 is 12.4 Å². The zero-order valence-corrected chi connectivity index (χ0v) is 15.1. The van der Waals surface area contributed by atoms with Gasteiger partial charge < -0.3 is 15.4 Å². The van der Waals surface area contributed by atoms with Gasteiger partial charge in [0.15, 0.2) is 11.6 Å². The first-order valence-electron chi connectivity index (χ1n) is 8.21. The number of benzene rings is 2. The highest BCUT2D eigenvalue weighted by molar-refractivity contribution is 5.92. The Morgan fingerprint density at radius 2 is 2.04 bits per heavy atom. The average Bonchev–Trinajstić information content (AvgIpc) is 2.52. The van der Waals surface area contributed by atoms with Crippen LogP contribution in [0.1, 0.15) is 12.5 Å². The molecule has 2 N–H and O–H groups in total. The molecule has 1 fully saturated rings. The summed E-state index contributed by atoms with van der Waals surface area (Å²) in [6.07, 6.45) is 0. The Hall–Kier alpha value is -2.18. The average molecular weight is 383 g/mol. The molecule has 0 radical (unpaired) electrons. The van der Waals surface area contributed by atoms with Crippen molar-refractivity contribution in [3.05, 3.63) is 59.7 Å². The van der Waals surface area contributed by atoms with Crippen LogP contribution in [0.3, 0.4) is 0 Å². The second-order valence-corrected chi connectivity index (χ2v) is 6.26. The molecule has 0 aliphatic carbocycles. The maximum absolute atomic E-state index is 14.2. The van der Waals surface area contributed by atoms with Crippen LogP contribution < -0.4 is 15.4 Å². The molecule has 140 valence electrons. The Morgan fingerprint density at radius 1 is 1.27 bits per heavy atom. The number of rotatable bonds is 6. The summed E-state index contributed by atoms with van der Waals surface area (Å²) >= 11 is 0. The minimum absolute atomic E-state index is 0. The number of carbonyl (C=O) groups excluding carboxylic acids is 1. The van der Waals surface area contributed by atoms with Gasteiger partial charge in [0.1, 0.15) is 12.4 Å². The molecule has 1 aliphatic rings. The quantitative estimate of drug-likeness (QED) is 0.799. The molecule has 1 amide bonds. The first-order chi connectivity index (χ1) is 12.0. The topological polar surface area (TPSA) is 50.4 Å². The third-order valence-corrected chi connectivity index (χ3v) is 4.42. The lowest BCUT2D eigenvalue weighted by Crippen LogP contribution is -2.48. The second kappa shape index (κ2) is 8.96. The van der Waals surface area contributed by atoms with Crippen LogP contribution in [0.4, 0.5) is 14.5 Å². The highest BCUT2D eigenvalue weighted by Crippen LogP contribution is 2.24. The van der Waals surface area contributed by atoms with E-state index in [1.165, 1.54) is 24.3 Å². The fourth-order valence-electron chi connectivity index (χ4n) is 2.62. The van der Waals surface area contributed by atoms with Gasteiger partial charge in [0.05, 0.1) is 0 Å². The molecule has 2 aromatic rings. The van der Waals surface area contributed by atoms with Gasteiger partial charge in [-0.15, -0.1) is 12.4 Å². The van der Waals surface area contributed by atoms with E-state index in [9.17, 15) is 13.6 Å². The van der Waals surface area contributed by atoms with Crippen LogP contribution in [0.15, 0.2) is 42.5 Å². The fourth-order valence-corrected chi connectivity index (χ4v) is 2.62. The maximum Gasteiger partial charge on any atom is 0.227 e. The van der Waals surface area contributed by atoms with E-state index in [4.69, 9.17) is 4.74 Å². The molecule has 7 heteroatoms. The summed E-state index contributed by atoms with van der Waals surface area (Å²) < 4.78 is 32.7. The molecule has 1 unspecified atom stereocenters. The van der Waals surface area contributed by atoms with Crippen LogP contribution in [0.2, 0.25) is 0 Å². The summed E-state index contributed by atoms with van der Waals surface area (Å²) in [6.45, 7) is 3.59. The Bertz CT molecular complexity index is 769. The molecule has 0 bridgehead atoms. The summed E-state index contributed by atoms with van der Waals surface area (Å²) in [5.41, 5.74) is 0.999. The Kier molecular flexibility index (Phi) is 6.94. The van der Waals surface area contributed by atoms with Crippen molar-refractivity contribution >= 4 is 24.0 Å². The first-order valence-corrected chi connectivity index (χ1v) is 8.21. The van der Waals surface area contributed by atoms with Crippen LogP contribution in [-0.4, -0.2) is 19.0 Å². The van der Waals surface area contributed by atoms with Gasteiger partial charge in [0.2, 0.25) is 5.91 Å². The van der Waals surface area contributed by atoms with Crippen molar-refractivity contribution in [3.63, 3.8) is 0 Å². The fraction of sp³-hybridized carbons (Fsp3) is 0.316. The molecule has 26 heavy (non-hydrogen) atoms. The van der Waals surface area contributed by atoms with Gasteiger partial charge in [-0.3, -0.25) is 4.79 Å². The van der Waals surface area contributed by atoms with Gasteiger partial charge in [-0.25, -0.2) is 8.78 Å². The Morgan fingerprint density at radius 3 is 2.65 bits per heavy atom. The minimum Gasteiger partial charge on any atom is -0.486 e. The molecule has 0 spiro atoms. The van der Waals surface area contributed by atoms with Crippen molar-refractivity contribution in [2.45, 2.75) is 13.5 Å². The lowest BCUT2D eigenvalue weighted by Gasteiger charge is -2.31. The molecule has 0 saturated carbocycles. The number of hydrogen-bond donors (Lipinski definition) is 2. The Labute approximate surface area is 157 Å². The van der Waals surface area contributed by atoms with Gasteiger partial charge in [-0.1, -0.05) is 19.1 Å². The zero-order chi connectivity index (χ0) is 17.8. The number of hydrogen-bond acceptors (Lipinski definition) is 3. The van der Waals surface area contributed by atoms with Crippen molar-refractivity contribution in [1.82, 2.24) is 5.32 Å². The van der Waals surface area contributed by atoms with E-state index >= 15 is 0 Å². The van der Waals surface area contributed by atoms with Crippen LogP contribution in [0.25, 0.3) is 0 Å². The van der Waals surface area contributed by atoms with Crippen molar-refractivity contribution in [1.29, 1.82) is 0 Å². The maximum atomic E-state index is 14.2. The second-order valence-electron chi connectivity index (χ2n) is 6.26. The summed E-state index contributed by atoms with van der Waals surface area (Å²) in [7, 11) is 0. The number of carbonyl (C=O) groups is 1. The predicted octanol–water partition coefficient (Wildman–Crippen LogP) is 3.76. The van der Waals surface area contributed by atoms with Crippen molar-refractivity contribution in [3.8, 4) is 5.75 Å². The van der Waals surface area contributed by atoms with E-state index in [0.717, 1.165) is 13.1 Å². The number of amides is 1. The van der Waals surface area contributed by atoms with Crippen molar-refractivity contribution in [2.75, 3.05) is 18.4 Å². The summed E-state index contributed by atoms with van der Waals surface area (Å²) in [5.74, 6) is -0.827. The summed E-state index contributed by atoms with van der Waals surface area (Å²) in [4.78, 5) is 12.2. The van der Waals surface area contributed by atoms with Gasteiger partial charge in [-0.2, -0.15) is 0 Å². The number of ether oxygens (including phenoxy) is 1. The van der Waals surface area contributed by atoms with Crippen LogP contribution in [0, 0.1) is 23.5 Å². The van der Waals surface area contributed by atoms with Gasteiger partial charge in [0.25, 0.3) is 0 Å². The molecular weight excluding hydrogens is 362 g/mol. The summed E-state index contributed by atoms with van der Waals surface area (Å²) in [6, 6.07) is 10.2. The summed E-state index contributed by atoms with van der Waals surface area (Å²) in [5, 5.41) is 5.86. The van der Waals surface area contributed by atoms with E-state index in [-0.39, 0.29) is 42.4 Å². The molecule has 1 saturated heterocycles. The molecule has 1 atom stereocenters. The molecular formula is C19H21ClF2N2O2. The van der Waals surface area contributed by atoms with Gasteiger partial charge in [0, 0.05) is 17.7 Å². The van der Waals surface area contributed by atoms with Crippen molar-refractivity contribution in [2.24, 2.45) is 11.8 Å². The normalized spacial score (nSPS) is 14.7. The van der Waals surface area contributed by atoms with Gasteiger partial charge in [-0.05, 0) is 48.8 Å². The molecule has 1 heterocycles. The number of nitrogens with one attached hydrogen (secondary N) is 2. The van der Waals surface area contributed by atoms with Gasteiger partial charge >= 0.3 is 0 Å². The van der Waals surface area contributed by atoms with Crippen molar-refractivity contribution < 1.29 is 18.3 Å². The largest absolute Gasteiger partial charge is 0.486 e. The minimum atomic E-state index is -0.577. The molecule has 4 nitrogen and oxygen atoms in total. The van der Waals surface area contributed by atoms with E-state index in [0.29, 0.717) is 17.2 Å². The Balaban J connectivity index is 0.00000243. The monoisotopic (exact) mass is 382 g/mol. The molecule has 1 aliphatic heterocycles. The molecule has 2 aromatic carbocycles. The standard InChI is InChI=1S/C19H20F2N2O2.ClH/c1-12(14-9-22-10-14)19(24)23-16-5-6-18(17(21)8-16)25-11-13-3-2-4-15(20)7-13;/h2-8,12,14,22H,9-11H2,1H3,(H,23,24);1H. The third-order valence-electron chi connectivity index (χ3n) is 4.42. The van der Waals surface area contributed by atoms with E-state index in [2.05, 4.69) is 10.6 Å². The van der Waals surface area contributed by atoms with E-state index < -0.39 is 5.82 Å². The smallest absolute Gasteiger partial charge is 0.227 e. The van der Waals surface area contributed by atoms with Crippen LogP contribution in [-0.2, 0) is 11.4 Å². The number of anilines is 1. The lowest BCUT2D eigenvalue weighted by molar-refractivity contribution is -0.121. The van der Waals surface area contributed by atoms with E-state index in [1.807, 2.05) is 6.92 Å². The molecule has 0 aromatic heterocycles. The SMILES string of the molecule is CC(C(=O)Nc1ccc(OCc2cccc(F)c2)c(F)c1)C1CNC1.Cl.